The van der Waals surface area contributed by atoms with Gasteiger partial charge in [0, 0.05) is 23.8 Å². The van der Waals surface area contributed by atoms with E-state index in [0.29, 0.717) is 19.5 Å². The van der Waals surface area contributed by atoms with Gasteiger partial charge in [-0.25, -0.2) is 4.39 Å². The molecule has 1 aromatic carbocycles. The van der Waals surface area contributed by atoms with Crippen LogP contribution in [0.2, 0.25) is 0 Å². The lowest BCUT2D eigenvalue weighted by molar-refractivity contribution is -0.138. The quantitative estimate of drug-likeness (QED) is 0.606. The second kappa shape index (κ2) is 6.37. The summed E-state index contributed by atoms with van der Waals surface area (Å²) in [5.41, 5.74) is 1.07. The molecule has 2 atom stereocenters. The van der Waals surface area contributed by atoms with Gasteiger partial charge in [-0.2, -0.15) is 0 Å². The molecule has 4 aliphatic carbocycles. The Labute approximate surface area is 158 Å². The fourth-order valence-corrected chi connectivity index (χ4v) is 7.72. The van der Waals surface area contributed by atoms with Crippen molar-refractivity contribution < 1.29 is 9.18 Å². The van der Waals surface area contributed by atoms with Crippen LogP contribution in [-0.2, 0) is 11.3 Å². The third-order valence-electron chi connectivity index (χ3n) is 6.63. The number of carbonyl (C=O) groups excluding carboxylic acids is 1. The smallest absolute Gasteiger partial charge is 0.223 e. The molecule has 1 aromatic rings. The normalized spacial score (nSPS) is 35.8. The maximum Gasteiger partial charge on any atom is 0.223 e. The van der Waals surface area contributed by atoms with Gasteiger partial charge in [0.1, 0.15) is 5.82 Å². The Morgan fingerprint density at radius 1 is 1.28 bits per heavy atom. The van der Waals surface area contributed by atoms with Crippen molar-refractivity contribution in [2.24, 2.45) is 17.3 Å². The number of benzene rings is 1. The zero-order valence-corrected chi connectivity index (χ0v) is 16.5. The largest absolute Gasteiger partial charge is 0.339 e. The Balaban J connectivity index is 1.47. The highest BCUT2D eigenvalue weighted by molar-refractivity contribution is 9.10. The number of amides is 1. The Morgan fingerprint density at radius 2 is 2.00 bits per heavy atom. The molecule has 4 heteroatoms. The molecule has 4 aliphatic rings. The zero-order chi connectivity index (χ0) is 17.7. The molecule has 0 heterocycles. The van der Waals surface area contributed by atoms with Crippen LogP contribution in [0.3, 0.4) is 0 Å². The van der Waals surface area contributed by atoms with Crippen LogP contribution in [0.25, 0.3) is 0 Å². The molecule has 4 bridgehead atoms. The van der Waals surface area contributed by atoms with Gasteiger partial charge >= 0.3 is 0 Å². The third kappa shape index (κ3) is 3.51. The summed E-state index contributed by atoms with van der Waals surface area (Å²) in [5.74, 6) is 1.60. The summed E-state index contributed by atoms with van der Waals surface area (Å²) in [7, 11) is 0. The maximum absolute atomic E-state index is 13.4. The van der Waals surface area contributed by atoms with Crippen molar-refractivity contribution in [3.8, 4) is 0 Å². The van der Waals surface area contributed by atoms with Gasteiger partial charge in [0.05, 0.1) is 0 Å². The Hall–Kier alpha value is -0.900. The summed E-state index contributed by atoms with van der Waals surface area (Å²) in [4.78, 5) is 15.0. The topological polar surface area (TPSA) is 20.3 Å². The molecule has 0 aliphatic heterocycles. The zero-order valence-electron chi connectivity index (χ0n) is 14.9. The fourth-order valence-electron chi connectivity index (χ4n) is 6.21. The van der Waals surface area contributed by atoms with Crippen molar-refractivity contribution in [3.05, 3.63) is 35.6 Å². The first-order chi connectivity index (χ1) is 11.9. The van der Waals surface area contributed by atoms with Crippen LogP contribution in [0.1, 0.15) is 57.4 Å². The van der Waals surface area contributed by atoms with Gasteiger partial charge in [-0.05, 0) is 80.4 Å². The molecule has 136 valence electrons. The van der Waals surface area contributed by atoms with Gasteiger partial charge in [0.2, 0.25) is 5.91 Å². The van der Waals surface area contributed by atoms with Crippen LogP contribution >= 0.6 is 15.9 Å². The fraction of sp³-hybridized carbons (Fsp3) is 0.667. The van der Waals surface area contributed by atoms with Crippen LogP contribution in [0, 0.1) is 23.1 Å². The van der Waals surface area contributed by atoms with Gasteiger partial charge in [0.25, 0.3) is 0 Å². The van der Waals surface area contributed by atoms with Gasteiger partial charge in [-0.1, -0.05) is 28.1 Å². The van der Waals surface area contributed by atoms with Crippen LogP contribution in [0.5, 0.6) is 0 Å². The maximum atomic E-state index is 13.4. The first kappa shape index (κ1) is 17.5. The minimum atomic E-state index is -0.233. The molecule has 4 fully saturated rings. The molecule has 0 saturated heterocycles. The molecule has 4 saturated carbocycles. The van der Waals surface area contributed by atoms with E-state index in [1.54, 1.807) is 6.07 Å². The molecule has 5 rings (SSSR count). The SMILES string of the molecule is CCN(Cc1cccc(F)c1)C(=O)CC12CC3CC(CC(Br)(C3)C1)C2. The average molecular weight is 408 g/mol. The lowest BCUT2D eigenvalue weighted by Gasteiger charge is -2.60. The molecule has 1 amide bonds. The molecule has 0 N–H and O–H groups in total. The van der Waals surface area contributed by atoms with E-state index in [2.05, 4.69) is 15.9 Å². The van der Waals surface area contributed by atoms with Crippen molar-refractivity contribution in [1.29, 1.82) is 0 Å². The minimum absolute atomic E-state index is 0.194. The van der Waals surface area contributed by atoms with Crippen LogP contribution in [0.4, 0.5) is 4.39 Å². The summed E-state index contributed by atoms with van der Waals surface area (Å²) in [6.07, 6.45) is 8.21. The van der Waals surface area contributed by atoms with E-state index in [9.17, 15) is 9.18 Å². The Kier molecular flexibility index (Phi) is 4.46. The first-order valence-corrected chi connectivity index (χ1v) is 10.4. The number of rotatable bonds is 5. The number of hydrogen-bond donors (Lipinski definition) is 0. The number of halogens is 2. The molecule has 0 spiro atoms. The summed E-state index contributed by atoms with van der Waals surface area (Å²) in [6.45, 7) is 3.20. The van der Waals surface area contributed by atoms with Crippen molar-refractivity contribution in [2.45, 2.75) is 62.7 Å². The van der Waals surface area contributed by atoms with Gasteiger partial charge < -0.3 is 4.90 Å². The molecular formula is C21H27BrFNO. The van der Waals surface area contributed by atoms with Gasteiger partial charge in [0.15, 0.2) is 0 Å². The molecule has 0 radical (unpaired) electrons. The third-order valence-corrected chi connectivity index (χ3v) is 7.56. The number of nitrogens with zero attached hydrogens (tertiary/aromatic N) is 1. The standard InChI is InChI=1S/C21H27BrFNO/c1-2-24(13-15-4-3-5-18(23)7-15)19(25)12-20-8-16-6-17(9-20)11-21(22,10-16)14-20/h3-5,7,16-17H,2,6,8-14H2,1H3. The summed E-state index contributed by atoms with van der Waals surface area (Å²) >= 11 is 4.03. The monoisotopic (exact) mass is 407 g/mol. The van der Waals surface area contributed by atoms with E-state index in [1.807, 2.05) is 17.9 Å². The van der Waals surface area contributed by atoms with E-state index in [0.717, 1.165) is 23.8 Å². The number of hydrogen-bond acceptors (Lipinski definition) is 1. The summed E-state index contributed by atoms with van der Waals surface area (Å²) < 4.78 is 13.7. The summed E-state index contributed by atoms with van der Waals surface area (Å²) in [6, 6.07) is 6.61. The molecule has 2 nitrogen and oxygen atoms in total. The van der Waals surface area contributed by atoms with E-state index in [4.69, 9.17) is 0 Å². The van der Waals surface area contributed by atoms with E-state index >= 15 is 0 Å². The first-order valence-electron chi connectivity index (χ1n) is 9.60. The lowest BCUT2D eigenvalue weighted by Crippen LogP contribution is -2.54. The Bertz CT molecular complexity index is 662. The number of carbonyl (C=O) groups is 1. The lowest BCUT2D eigenvalue weighted by atomic mass is 9.48. The predicted octanol–water partition coefficient (Wildman–Crippen LogP) is 5.30. The minimum Gasteiger partial charge on any atom is -0.339 e. The van der Waals surface area contributed by atoms with Crippen LogP contribution in [-0.4, -0.2) is 21.7 Å². The molecule has 0 aromatic heterocycles. The summed E-state index contributed by atoms with van der Waals surface area (Å²) in [5, 5.41) is 0. The average Bonchev–Trinajstić information content (AvgIpc) is 2.49. The molecular weight excluding hydrogens is 381 g/mol. The Morgan fingerprint density at radius 3 is 2.60 bits per heavy atom. The highest BCUT2D eigenvalue weighted by Gasteiger charge is 2.57. The van der Waals surface area contributed by atoms with E-state index in [-0.39, 0.29) is 21.5 Å². The van der Waals surface area contributed by atoms with Crippen LogP contribution in [0.15, 0.2) is 24.3 Å². The predicted molar refractivity (Wildman–Crippen MR) is 101 cm³/mol. The van der Waals surface area contributed by atoms with Gasteiger partial charge in [-0.15, -0.1) is 0 Å². The second-order valence-corrected chi connectivity index (χ2v) is 10.5. The molecule has 2 unspecified atom stereocenters. The highest BCUT2D eigenvalue weighted by Crippen LogP contribution is 2.65. The second-order valence-electron chi connectivity index (χ2n) is 8.83. The van der Waals surface area contributed by atoms with Crippen molar-refractivity contribution in [2.75, 3.05) is 6.54 Å². The van der Waals surface area contributed by atoms with E-state index < -0.39 is 0 Å². The highest BCUT2D eigenvalue weighted by atomic mass is 79.9. The van der Waals surface area contributed by atoms with Gasteiger partial charge in [-0.3, -0.25) is 4.79 Å². The molecule has 25 heavy (non-hydrogen) atoms. The van der Waals surface area contributed by atoms with Crippen LogP contribution < -0.4 is 0 Å². The van der Waals surface area contributed by atoms with Crippen molar-refractivity contribution in [1.82, 2.24) is 4.90 Å². The van der Waals surface area contributed by atoms with Crippen molar-refractivity contribution >= 4 is 21.8 Å². The number of alkyl halides is 1. The van der Waals surface area contributed by atoms with Crippen molar-refractivity contribution in [3.63, 3.8) is 0 Å². The van der Waals surface area contributed by atoms with E-state index in [1.165, 1.54) is 44.2 Å².